The molecule has 0 unspecified atom stereocenters. The maximum atomic E-state index is 12.8. The van der Waals surface area contributed by atoms with E-state index in [0.717, 1.165) is 0 Å². The van der Waals surface area contributed by atoms with Crippen molar-refractivity contribution in [3.05, 3.63) is 64.7 Å². The third-order valence-electron chi connectivity index (χ3n) is 3.94. The van der Waals surface area contributed by atoms with E-state index in [1.807, 2.05) is 0 Å². The van der Waals surface area contributed by atoms with Crippen LogP contribution in [-0.4, -0.2) is 19.8 Å². The summed E-state index contributed by atoms with van der Waals surface area (Å²) in [4.78, 5) is 12.8. The van der Waals surface area contributed by atoms with Gasteiger partial charge in [-0.15, -0.1) is 0 Å². The molecule has 2 aromatic rings. The minimum Gasteiger partial charge on any atom is -0.478 e. The van der Waals surface area contributed by atoms with Gasteiger partial charge in [0.05, 0.1) is 10.5 Å². The highest BCUT2D eigenvalue weighted by Crippen LogP contribution is 2.41. The van der Waals surface area contributed by atoms with Crippen molar-refractivity contribution in [2.75, 3.05) is 0 Å². The molecule has 1 heterocycles. The van der Waals surface area contributed by atoms with Gasteiger partial charge in [-0.2, -0.15) is 0 Å². The molecule has 5 nitrogen and oxygen atoms in total. The van der Waals surface area contributed by atoms with Gasteiger partial charge in [0.2, 0.25) is 15.8 Å². The monoisotopic (exact) mass is 377 g/mol. The lowest BCUT2D eigenvalue weighted by atomic mass is 9.93. The molecule has 1 aliphatic rings. The number of ether oxygens (including phenoxy) is 1. The van der Waals surface area contributed by atoms with Crippen LogP contribution in [0, 0.1) is 0 Å². The smallest absolute Gasteiger partial charge is 0.238 e. The Hall–Kier alpha value is -2.15. The lowest BCUT2D eigenvalue weighted by Gasteiger charge is -2.17. The lowest BCUT2D eigenvalue weighted by Crippen LogP contribution is -2.29. The van der Waals surface area contributed by atoms with Crippen LogP contribution in [0.2, 0.25) is 5.02 Å². The molecule has 1 aliphatic heterocycles. The molecule has 0 bridgehead atoms. The van der Waals surface area contributed by atoms with Crippen LogP contribution in [0.1, 0.15) is 25.0 Å². The zero-order valence-corrected chi connectivity index (χ0v) is 15.2. The normalized spacial score (nSPS) is 16.9. The number of carbonyl (C=O) groups is 1. The van der Waals surface area contributed by atoms with Crippen LogP contribution in [0.25, 0.3) is 11.3 Å². The Morgan fingerprint density at radius 2 is 1.48 bits per heavy atom. The number of carbonyl (C=O) groups excluding carboxylic acids is 1. The Morgan fingerprint density at radius 3 is 2.00 bits per heavy atom. The number of rotatable bonds is 3. The molecule has 25 heavy (non-hydrogen) atoms. The fourth-order valence-corrected chi connectivity index (χ4v) is 3.28. The van der Waals surface area contributed by atoms with E-state index < -0.39 is 15.6 Å². The molecule has 0 fully saturated rings. The minimum atomic E-state index is -3.79. The van der Waals surface area contributed by atoms with Crippen molar-refractivity contribution >= 4 is 38.7 Å². The predicted octanol–water partition coefficient (Wildman–Crippen LogP) is 3.23. The summed E-state index contributed by atoms with van der Waals surface area (Å²) in [5.74, 6) is 0.249. The quantitative estimate of drug-likeness (QED) is 0.889. The van der Waals surface area contributed by atoms with Crippen molar-refractivity contribution in [3.8, 4) is 0 Å². The molecule has 0 atom stereocenters. The molecule has 0 aliphatic carbocycles. The number of sulfonamides is 1. The first-order chi connectivity index (χ1) is 11.6. The fraction of sp³-hybridized carbons (Fsp3) is 0.167. The van der Waals surface area contributed by atoms with Crippen LogP contribution < -0.4 is 5.14 Å². The second kappa shape index (κ2) is 5.98. The Kier molecular flexibility index (Phi) is 4.23. The third kappa shape index (κ3) is 3.33. The molecule has 130 valence electrons. The molecule has 0 saturated heterocycles. The van der Waals surface area contributed by atoms with E-state index in [4.69, 9.17) is 21.5 Å². The molecule has 2 N–H and O–H groups in total. The van der Waals surface area contributed by atoms with E-state index in [0.29, 0.717) is 27.5 Å². The number of Topliss-reactive ketones (excluding diaryl/α,β-unsaturated/α-hetero) is 1. The van der Waals surface area contributed by atoms with Crippen molar-refractivity contribution in [2.45, 2.75) is 24.3 Å². The van der Waals surface area contributed by atoms with Crippen LogP contribution in [0.4, 0.5) is 0 Å². The van der Waals surface area contributed by atoms with Gasteiger partial charge in [0.1, 0.15) is 5.76 Å². The van der Waals surface area contributed by atoms with Crippen molar-refractivity contribution in [1.29, 1.82) is 0 Å². The maximum absolute atomic E-state index is 12.8. The van der Waals surface area contributed by atoms with Crippen LogP contribution in [0.15, 0.2) is 53.4 Å². The highest BCUT2D eigenvalue weighted by atomic mass is 35.5. The van der Waals surface area contributed by atoms with Gasteiger partial charge in [-0.1, -0.05) is 23.7 Å². The topological polar surface area (TPSA) is 86.5 Å². The van der Waals surface area contributed by atoms with Crippen LogP contribution >= 0.6 is 11.6 Å². The van der Waals surface area contributed by atoms with Crippen LogP contribution in [0.3, 0.4) is 0 Å². The van der Waals surface area contributed by atoms with E-state index in [-0.39, 0.29) is 10.7 Å². The molecule has 2 aromatic carbocycles. The Morgan fingerprint density at radius 1 is 0.960 bits per heavy atom. The molecule has 0 aromatic heterocycles. The summed E-state index contributed by atoms with van der Waals surface area (Å²) in [6.07, 6.45) is 0. The Bertz CT molecular complexity index is 975. The van der Waals surface area contributed by atoms with E-state index in [9.17, 15) is 13.2 Å². The van der Waals surface area contributed by atoms with Gasteiger partial charge in [0, 0.05) is 10.6 Å². The largest absolute Gasteiger partial charge is 0.478 e. The van der Waals surface area contributed by atoms with Gasteiger partial charge in [-0.3, -0.25) is 4.79 Å². The molecule has 0 spiro atoms. The summed E-state index contributed by atoms with van der Waals surface area (Å²) in [5, 5.41) is 5.68. The number of benzene rings is 2. The second-order valence-corrected chi connectivity index (χ2v) is 8.22. The Labute approximate surface area is 151 Å². The number of nitrogens with two attached hydrogens (primary N) is 1. The zero-order valence-electron chi connectivity index (χ0n) is 13.6. The molecule has 7 heteroatoms. The van der Waals surface area contributed by atoms with E-state index >= 15 is 0 Å². The summed E-state index contributed by atoms with van der Waals surface area (Å²) in [6, 6.07) is 12.8. The molecule has 0 radical (unpaired) electrons. The van der Waals surface area contributed by atoms with E-state index in [2.05, 4.69) is 0 Å². The summed E-state index contributed by atoms with van der Waals surface area (Å²) in [5.41, 5.74) is 0.704. The van der Waals surface area contributed by atoms with Crippen molar-refractivity contribution in [2.24, 2.45) is 5.14 Å². The molecular formula is C18H16ClNO4S. The number of halogens is 1. The summed E-state index contributed by atoms with van der Waals surface area (Å²) < 4.78 is 28.7. The van der Waals surface area contributed by atoms with Gasteiger partial charge in [-0.25, -0.2) is 13.6 Å². The highest BCUT2D eigenvalue weighted by Gasteiger charge is 2.42. The van der Waals surface area contributed by atoms with Crippen LogP contribution in [-0.2, 0) is 19.6 Å². The summed E-state index contributed by atoms with van der Waals surface area (Å²) in [7, 11) is -3.79. The fourth-order valence-electron chi connectivity index (χ4n) is 2.63. The zero-order chi connectivity index (χ0) is 18.4. The summed E-state index contributed by atoms with van der Waals surface area (Å²) in [6.45, 7) is 3.38. The van der Waals surface area contributed by atoms with Gasteiger partial charge in [0.15, 0.2) is 5.60 Å². The maximum Gasteiger partial charge on any atom is 0.238 e. The summed E-state index contributed by atoms with van der Waals surface area (Å²) >= 11 is 5.92. The van der Waals surface area contributed by atoms with Crippen molar-refractivity contribution in [1.82, 2.24) is 0 Å². The second-order valence-electron chi connectivity index (χ2n) is 6.22. The average molecular weight is 378 g/mol. The average Bonchev–Trinajstić information content (AvgIpc) is 2.78. The number of hydrogen-bond donors (Lipinski definition) is 1. The SMILES string of the molecule is CC1(C)OC(c2ccc(S(N)(=O)=O)cc2)=C(c2ccc(Cl)cc2)C1=O. The number of ketones is 1. The first-order valence-corrected chi connectivity index (χ1v) is 9.39. The van der Waals surface area contributed by atoms with Crippen molar-refractivity contribution < 1.29 is 17.9 Å². The number of hydrogen-bond acceptors (Lipinski definition) is 4. The molecule has 0 saturated carbocycles. The first-order valence-electron chi connectivity index (χ1n) is 7.47. The van der Waals surface area contributed by atoms with Gasteiger partial charge in [0.25, 0.3) is 0 Å². The first kappa shape index (κ1) is 17.7. The number of primary sulfonamides is 1. The van der Waals surface area contributed by atoms with Crippen molar-refractivity contribution in [3.63, 3.8) is 0 Å². The van der Waals surface area contributed by atoms with Gasteiger partial charge >= 0.3 is 0 Å². The standard InChI is InChI=1S/C18H16ClNO4S/c1-18(2)17(21)15(11-3-7-13(19)8-4-11)16(24-18)12-5-9-14(10-6-12)25(20,22)23/h3-10H,1-2H3,(H2,20,22,23). The molecular weight excluding hydrogens is 362 g/mol. The molecule has 3 rings (SSSR count). The van der Waals surface area contributed by atoms with E-state index in [1.165, 1.54) is 12.1 Å². The Balaban J connectivity index is 2.15. The van der Waals surface area contributed by atoms with Crippen LogP contribution in [0.5, 0.6) is 0 Å². The van der Waals surface area contributed by atoms with Gasteiger partial charge in [-0.05, 0) is 55.8 Å². The minimum absolute atomic E-state index is 0.00604. The predicted molar refractivity (Wildman–Crippen MR) is 96.3 cm³/mol. The third-order valence-corrected chi connectivity index (χ3v) is 5.12. The van der Waals surface area contributed by atoms with Gasteiger partial charge < -0.3 is 4.74 Å². The molecule has 0 amide bonds. The lowest BCUT2D eigenvalue weighted by molar-refractivity contribution is -0.125. The van der Waals surface area contributed by atoms with E-state index in [1.54, 1.807) is 50.2 Å². The highest BCUT2D eigenvalue weighted by molar-refractivity contribution is 7.89.